The predicted molar refractivity (Wildman–Crippen MR) is 76.7 cm³/mol. The molecule has 2 fully saturated rings. The van der Waals surface area contributed by atoms with Gasteiger partial charge in [-0.25, -0.2) is 0 Å². The number of hydrogen-bond donors (Lipinski definition) is 1. The molecule has 2 nitrogen and oxygen atoms in total. The van der Waals surface area contributed by atoms with E-state index in [2.05, 4.69) is 28.1 Å². The van der Waals surface area contributed by atoms with Crippen LogP contribution < -0.4 is 10.5 Å². The van der Waals surface area contributed by atoms with Crippen molar-refractivity contribution in [1.29, 1.82) is 0 Å². The standard InChI is InChI=1S/C15H20BrNO/c1-18-13-2-3-14(16)12(5-13)8-15(9-17)6-10-4-11(10)7-15/h2-3,5,10-11H,4,6-9,17H2,1H3. The van der Waals surface area contributed by atoms with E-state index in [-0.39, 0.29) is 0 Å². The van der Waals surface area contributed by atoms with E-state index in [1.807, 2.05) is 6.07 Å². The molecule has 0 aromatic heterocycles. The quantitative estimate of drug-likeness (QED) is 0.925. The first kappa shape index (κ1) is 12.5. The van der Waals surface area contributed by atoms with Gasteiger partial charge in [-0.15, -0.1) is 0 Å². The third kappa shape index (κ3) is 2.19. The zero-order valence-corrected chi connectivity index (χ0v) is 12.4. The van der Waals surface area contributed by atoms with Gasteiger partial charge in [0.2, 0.25) is 0 Å². The Morgan fingerprint density at radius 1 is 1.39 bits per heavy atom. The molecule has 0 saturated heterocycles. The van der Waals surface area contributed by atoms with Crippen molar-refractivity contribution in [2.75, 3.05) is 13.7 Å². The highest BCUT2D eigenvalue weighted by Gasteiger charge is 2.52. The first-order valence-electron chi connectivity index (χ1n) is 6.68. The van der Waals surface area contributed by atoms with Crippen LogP contribution >= 0.6 is 15.9 Å². The van der Waals surface area contributed by atoms with Crippen LogP contribution in [0.5, 0.6) is 5.75 Å². The number of methoxy groups -OCH3 is 1. The van der Waals surface area contributed by atoms with Gasteiger partial charge < -0.3 is 10.5 Å². The lowest BCUT2D eigenvalue weighted by atomic mass is 9.77. The van der Waals surface area contributed by atoms with Crippen LogP contribution in [0.15, 0.2) is 22.7 Å². The maximum atomic E-state index is 6.07. The van der Waals surface area contributed by atoms with Gasteiger partial charge in [-0.05, 0) is 73.2 Å². The first-order valence-corrected chi connectivity index (χ1v) is 7.47. The predicted octanol–water partition coefficient (Wildman–Crippen LogP) is 3.38. The fourth-order valence-corrected chi connectivity index (χ4v) is 3.99. The molecule has 0 bridgehead atoms. The van der Waals surface area contributed by atoms with Gasteiger partial charge in [-0.1, -0.05) is 15.9 Å². The molecule has 2 unspecified atom stereocenters. The lowest BCUT2D eigenvalue weighted by Gasteiger charge is -2.30. The molecule has 0 amide bonds. The van der Waals surface area contributed by atoms with Crippen LogP contribution in [0, 0.1) is 17.3 Å². The van der Waals surface area contributed by atoms with Crippen molar-refractivity contribution in [2.45, 2.75) is 25.7 Å². The van der Waals surface area contributed by atoms with E-state index in [4.69, 9.17) is 10.5 Å². The van der Waals surface area contributed by atoms with Gasteiger partial charge in [-0.2, -0.15) is 0 Å². The Balaban J connectivity index is 1.82. The minimum absolute atomic E-state index is 0.336. The Labute approximate surface area is 117 Å². The molecule has 2 aliphatic carbocycles. The van der Waals surface area contributed by atoms with Gasteiger partial charge in [0.15, 0.2) is 0 Å². The smallest absolute Gasteiger partial charge is 0.119 e. The molecule has 3 rings (SSSR count). The van der Waals surface area contributed by atoms with Crippen molar-refractivity contribution < 1.29 is 4.74 Å². The third-order valence-electron chi connectivity index (χ3n) is 4.71. The van der Waals surface area contributed by atoms with E-state index < -0.39 is 0 Å². The second-order valence-corrected chi connectivity index (χ2v) is 6.86. The molecular formula is C15H20BrNO. The molecule has 0 spiro atoms. The summed E-state index contributed by atoms with van der Waals surface area (Å²) in [5, 5.41) is 0. The molecule has 0 radical (unpaired) electrons. The molecule has 2 aliphatic rings. The lowest BCUT2D eigenvalue weighted by Crippen LogP contribution is -2.31. The lowest BCUT2D eigenvalue weighted by molar-refractivity contribution is 0.272. The van der Waals surface area contributed by atoms with Crippen molar-refractivity contribution in [2.24, 2.45) is 23.0 Å². The van der Waals surface area contributed by atoms with Crippen molar-refractivity contribution in [3.63, 3.8) is 0 Å². The maximum absolute atomic E-state index is 6.07. The van der Waals surface area contributed by atoms with Gasteiger partial charge in [0.05, 0.1) is 7.11 Å². The Morgan fingerprint density at radius 2 is 2.11 bits per heavy atom. The number of ether oxygens (including phenoxy) is 1. The molecule has 2 saturated carbocycles. The molecular weight excluding hydrogens is 290 g/mol. The summed E-state index contributed by atoms with van der Waals surface area (Å²) < 4.78 is 6.50. The summed E-state index contributed by atoms with van der Waals surface area (Å²) in [5.74, 6) is 2.87. The van der Waals surface area contributed by atoms with Crippen LogP contribution in [0.2, 0.25) is 0 Å². The molecule has 98 valence electrons. The number of rotatable bonds is 4. The highest BCUT2D eigenvalue weighted by atomic mass is 79.9. The second-order valence-electron chi connectivity index (χ2n) is 6.00. The van der Waals surface area contributed by atoms with Crippen molar-refractivity contribution in [1.82, 2.24) is 0 Å². The zero-order valence-electron chi connectivity index (χ0n) is 10.8. The van der Waals surface area contributed by atoms with Gasteiger partial charge in [-0.3, -0.25) is 0 Å². The Bertz CT molecular complexity index is 450. The number of halogens is 1. The average molecular weight is 310 g/mol. The van der Waals surface area contributed by atoms with E-state index >= 15 is 0 Å². The monoisotopic (exact) mass is 309 g/mol. The van der Waals surface area contributed by atoms with Crippen LogP contribution in [0.3, 0.4) is 0 Å². The Kier molecular flexibility index (Phi) is 3.15. The summed E-state index contributed by atoms with van der Waals surface area (Å²) in [6.45, 7) is 0.809. The molecule has 0 heterocycles. The summed E-state index contributed by atoms with van der Waals surface area (Å²) >= 11 is 3.65. The Hall–Kier alpha value is -0.540. The van der Waals surface area contributed by atoms with Crippen molar-refractivity contribution >= 4 is 15.9 Å². The van der Waals surface area contributed by atoms with Gasteiger partial charge in [0, 0.05) is 4.47 Å². The van der Waals surface area contributed by atoms with Crippen LogP contribution in [0.4, 0.5) is 0 Å². The van der Waals surface area contributed by atoms with Crippen LogP contribution in [0.25, 0.3) is 0 Å². The summed E-state index contributed by atoms with van der Waals surface area (Å²) in [5.41, 5.74) is 7.74. The molecule has 2 atom stereocenters. The second kappa shape index (κ2) is 4.53. The minimum atomic E-state index is 0.336. The molecule has 18 heavy (non-hydrogen) atoms. The fraction of sp³-hybridized carbons (Fsp3) is 0.600. The number of hydrogen-bond acceptors (Lipinski definition) is 2. The van der Waals surface area contributed by atoms with Crippen molar-refractivity contribution in [3.8, 4) is 5.75 Å². The van der Waals surface area contributed by atoms with Crippen molar-refractivity contribution in [3.05, 3.63) is 28.2 Å². The highest BCUT2D eigenvalue weighted by Crippen LogP contribution is 2.60. The van der Waals surface area contributed by atoms with Gasteiger partial charge >= 0.3 is 0 Å². The highest BCUT2D eigenvalue weighted by molar-refractivity contribution is 9.10. The zero-order chi connectivity index (χ0) is 12.8. The van der Waals surface area contributed by atoms with Gasteiger partial charge in [0.1, 0.15) is 5.75 Å². The summed E-state index contributed by atoms with van der Waals surface area (Å²) in [7, 11) is 1.72. The van der Waals surface area contributed by atoms with E-state index in [0.29, 0.717) is 5.41 Å². The number of benzene rings is 1. The summed E-state index contributed by atoms with van der Waals surface area (Å²) in [4.78, 5) is 0. The van der Waals surface area contributed by atoms with Gasteiger partial charge in [0.25, 0.3) is 0 Å². The fourth-order valence-electron chi connectivity index (χ4n) is 3.61. The van der Waals surface area contributed by atoms with E-state index in [1.54, 1.807) is 7.11 Å². The van der Waals surface area contributed by atoms with Crippen LogP contribution in [-0.2, 0) is 6.42 Å². The van der Waals surface area contributed by atoms with Crippen LogP contribution in [0.1, 0.15) is 24.8 Å². The average Bonchev–Trinajstić information content (AvgIpc) is 3.00. The van der Waals surface area contributed by atoms with E-state index in [1.165, 1.54) is 29.3 Å². The molecule has 0 aliphatic heterocycles. The van der Waals surface area contributed by atoms with Crippen LogP contribution in [-0.4, -0.2) is 13.7 Å². The van der Waals surface area contributed by atoms with E-state index in [0.717, 1.165) is 30.6 Å². The number of fused-ring (bicyclic) bond motifs is 1. The molecule has 1 aromatic rings. The topological polar surface area (TPSA) is 35.2 Å². The number of nitrogens with two attached hydrogens (primary N) is 1. The first-order chi connectivity index (χ1) is 8.65. The minimum Gasteiger partial charge on any atom is -0.497 e. The molecule has 3 heteroatoms. The maximum Gasteiger partial charge on any atom is 0.119 e. The largest absolute Gasteiger partial charge is 0.497 e. The summed E-state index contributed by atoms with van der Waals surface area (Å²) in [6, 6.07) is 6.22. The molecule has 2 N–H and O–H groups in total. The third-order valence-corrected chi connectivity index (χ3v) is 5.48. The summed E-state index contributed by atoms with van der Waals surface area (Å²) in [6.07, 6.45) is 5.16. The van der Waals surface area contributed by atoms with E-state index in [9.17, 15) is 0 Å². The normalized spacial score (nSPS) is 33.3. The Morgan fingerprint density at radius 3 is 2.72 bits per heavy atom. The molecule has 1 aromatic carbocycles. The SMILES string of the molecule is COc1ccc(Br)c(CC2(CN)CC3CC3C2)c1.